The standard InChI is InChI=1S/C9H8BrClN2O/c1-5-8(10)7(4-14-2)6(3-12)9(11)13-5/h4H2,1-2H3. The van der Waals surface area contributed by atoms with E-state index >= 15 is 0 Å². The van der Waals surface area contributed by atoms with Crippen molar-refractivity contribution in [3.63, 3.8) is 0 Å². The maximum atomic E-state index is 8.89. The number of hydrogen-bond acceptors (Lipinski definition) is 3. The molecule has 0 amide bonds. The van der Waals surface area contributed by atoms with E-state index in [1.807, 2.05) is 13.0 Å². The van der Waals surface area contributed by atoms with Crippen molar-refractivity contribution < 1.29 is 4.74 Å². The predicted molar refractivity (Wildman–Crippen MR) is 57.1 cm³/mol. The zero-order valence-corrected chi connectivity index (χ0v) is 10.1. The van der Waals surface area contributed by atoms with Crippen LogP contribution in [0.25, 0.3) is 0 Å². The first-order valence-electron chi connectivity index (χ1n) is 3.85. The molecule has 0 aliphatic heterocycles. The number of nitrogens with zero attached hydrogens (tertiary/aromatic N) is 2. The van der Waals surface area contributed by atoms with Gasteiger partial charge in [-0.3, -0.25) is 0 Å². The van der Waals surface area contributed by atoms with Crippen LogP contribution in [-0.4, -0.2) is 12.1 Å². The number of methoxy groups -OCH3 is 1. The predicted octanol–water partition coefficient (Wildman–Crippen LogP) is 2.82. The monoisotopic (exact) mass is 274 g/mol. The zero-order chi connectivity index (χ0) is 10.7. The first-order valence-corrected chi connectivity index (χ1v) is 5.02. The number of aromatic nitrogens is 1. The van der Waals surface area contributed by atoms with Gasteiger partial charge in [-0.2, -0.15) is 5.26 Å². The molecular formula is C9H8BrClN2O. The fourth-order valence-corrected chi connectivity index (χ4v) is 1.78. The second kappa shape index (κ2) is 4.74. The van der Waals surface area contributed by atoms with Gasteiger partial charge in [0.1, 0.15) is 11.2 Å². The second-order valence-electron chi connectivity index (χ2n) is 2.70. The van der Waals surface area contributed by atoms with Crippen molar-refractivity contribution >= 4 is 27.5 Å². The molecule has 5 heteroatoms. The molecule has 0 spiro atoms. The number of nitriles is 1. The van der Waals surface area contributed by atoms with Gasteiger partial charge in [0, 0.05) is 17.1 Å². The summed E-state index contributed by atoms with van der Waals surface area (Å²) in [7, 11) is 1.57. The maximum Gasteiger partial charge on any atom is 0.147 e. The van der Waals surface area contributed by atoms with E-state index in [1.54, 1.807) is 7.11 Å². The van der Waals surface area contributed by atoms with Crippen LogP contribution in [0.3, 0.4) is 0 Å². The van der Waals surface area contributed by atoms with Crippen LogP contribution < -0.4 is 0 Å². The smallest absolute Gasteiger partial charge is 0.147 e. The Morgan fingerprint density at radius 3 is 2.79 bits per heavy atom. The maximum absolute atomic E-state index is 8.89. The number of pyridine rings is 1. The van der Waals surface area contributed by atoms with E-state index in [1.165, 1.54) is 0 Å². The third kappa shape index (κ3) is 2.06. The molecule has 0 radical (unpaired) electrons. The molecule has 1 aromatic heterocycles. The highest BCUT2D eigenvalue weighted by Crippen LogP contribution is 2.28. The number of rotatable bonds is 2. The Kier molecular flexibility index (Phi) is 3.87. The van der Waals surface area contributed by atoms with Crippen LogP contribution in [0.1, 0.15) is 16.8 Å². The lowest BCUT2D eigenvalue weighted by atomic mass is 10.1. The molecule has 0 aliphatic rings. The Balaban J connectivity index is 3.42. The fourth-order valence-electron chi connectivity index (χ4n) is 1.10. The number of hydrogen-bond donors (Lipinski definition) is 0. The number of aryl methyl sites for hydroxylation is 1. The normalized spacial score (nSPS) is 9.93. The van der Waals surface area contributed by atoms with E-state index in [2.05, 4.69) is 20.9 Å². The molecule has 0 aliphatic carbocycles. The van der Waals surface area contributed by atoms with E-state index in [0.29, 0.717) is 12.2 Å². The molecule has 0 bridgehead atoms. The average Bonchev–Trinajstić information content (AvgIpc) is 2.14. The average molecular weight is 276 g/mol. The summed E-state index contributed by atoms with van der Waals surface area (Å²) >= 11 is 9.19. The molecule has 14 heavy (non-hydrogen) atoms. The Hall–Kier alpha value is -0.630. The van der Waals surface area contributed by atoms with Crippen molar-refractivity contribution in [3.8, 4) is 6.07 Å². The molecule has 0 saturated carbocycles. The van der Waals surface area contributed by atoms with Crippen LogP contribution in [0.5, 0.6) is 0 Å². The zero-order valence-electron chi connectivity index (χ0n) is 7.77. The molecule has 0 aromatic carbocycles. The SMILES string of the molecule is COCc1c(Br)c(C)nc(Cl)c1C#N. The minimum atomic E-state index is 0.222. The minimum Gasteiger partial charge on any atom is -0.380 e. The summed E-state index contributed by atoms with van der Waals surface area (Å²) < 4.78 is 5.77. The van der Waals surface area contributed by atoms with Crippen molar-refractivity contribution in [2.45, 2.75) is 13.5 Å². The van der Waals surface area contributed by atoms with Gasteiger partial charge in [0.05, 0.1) is 17.9 Å². The number of ether oxygens (including phenoxy) is 1. The lowest BCUT2D eigenvalue weighted by Gasteiger charge is -2.09. The summed E-state index contributed by atoms with van der Waals surface area (Å²) in [6, 6.07) is 2.01. The van der Waals surface area contributed by atoms with Crippen LogP contribution in [0.2, 0.25) is 5.15 Å². The first kappa shape index (κ1) is 11.4. The first-order chi connectivity index (χ1) is 6.61. The van der Waals surface area contributed by atoms with Crippen molar-refractivity contribution in [3.05, 3.63) is 26.4 Å². The summed E-state index contributed by atoms with van der Waals surface area (Å²) in [6.07, 6.45) is 0. The van der Waals surface area contributed by atoms with Crippen LogP contribution in [0, 0.1) is 18.3 Å². The van der Waals surface area contributed by atoms with Gasteiger partial charge in [-0.25, -0.2) is 4.98 Å². The quantitative estimate of drug-likeness (QED) is 0.780. The van der Waals surface area contributed by atoms with Crippen LogP contribution in [-0.2, 0) is 11.3 Å². The molecule has 1 aromatic rings. The molecule has 1 heterocycles. The molecule has 74 valence electrons. The van der Waals surface area contributed by atoms with Gasteiger partial charge in [0.15, 0.2) is 0 Å². The summed E-state index contributed by atoms with van der Waals surface area (Å²) in [5, 5.41) is 9.11. The van der Waals surface area contributed by atoms with E-state index in [0.717, 1.165) is 15.7 Å². The fraction of sp³-hybridized carbons (Fsp3) is 0.333. The van der Waals surface area contributed by atoms with Gasteiger partial charge < -0.3 is 4.74 Å². The molecule has 3 nitrogen and oxygen atoms in total. The molecule has 0 atom stereocenters. The summed E-state index contributed by atoms with van der Waals surface area (Å²) in [5.74, 6) is 0. The molecular weight excluding hydrogens is 267 g/mol. The third-order valence-electron chi connectivity index (χ3n) is 1.76. The lowest BCUT2D eigenvalue weighted by Crippen LogP contribution is -2.00. The van der Waals surface area contributed by atoms with E-state index < -0.39 is 0 Å². The van der Waals surface area contributed by atoms with Gasteiger partial charge in [-0.1, -0.05) is 11.6 Å². The highest BCUT2D eigenvalue weighted by molar-refractivity contribution is 9.10. The molecule has 1 rings (SSSR count). The van der Waals surface area contributed by atoms with Crippen LogP contribution in [0.4, 0.5) is 0 Å². The Morgan fingerprint density at radius 2 is 2.29 bits per heavy atom. The Bertz CT molecular complexity index is 401. The van der Waals surface area contributed by atoms with Gasteiger partial charge in [0.2, 0.25) is 0 Å². The van der Waals surface area contributed by atoms with E-state index in [9.17, 15) is 0 Å². The van der Waals surface area contributed by atoms with Gasteiger partial charge in [0.25, 0.3) is 0 Å². The van der Waals surface area contributed by atoms with Gasteiger partial charge in [-0.15, -0.1) is 0 Å². The molecule has 0 N–H and O–H groups in total. The molecule has 0 fully saturated rings. The lowest BCUT2D eigenvalue weighted by molar-refractivity contribution is 0.184. The van der Waals surface area contributed by atoms with Crippen molar-refractivity contribution in [1.82, 2.24) is 4.98 Å². The Labute approximate surface area is 95.8 Å². The highest BCUT2D eigenvalue weighted by atomic mass is 79.9. The third-order valence-corrected chi connectivity index (χ3v) is 3.08. The van der Waals surface area contributed by atoms with Crippen LogP contribution in [0.15, 0.2) is 4.47 Å². The highest BCUT2D eigenvalue weighted by Gasteiger charge is 2.14. The van der Waals surface area contributed by atoms with Crippen LogP contribution >= 0.6 is 27.5 Å². The van der Waals surface area contributed by atoms with Crippen molar-refractivity contribution in [1.29, 1.82) is 5.26 Å². The molecule has 0 saturated heterocycles. The summed E-state index contributed by atoms with van der Waals surface area (Å²) in [4.78, 5) is 4.03. The molecule has 0 unspecified atom stereocenters. The van der Waals surface area contributed by atoms with Gasteiger partial charge >= 0.3 is 0 Å². The summed E-state index contributed by atoms with van der Waals surface area (Å²) in [6.45, 7) is 2.16. The van der Waals surface area contributed by atoms with E-state index in [4.69, 9.17) is 21.6 Å². The second-order valence-corrected chi connectivity index (χ2v) is 3.85. The van der Waals surface area contributed by atoms with Crippen molar-refractivity contribution in [2.75, 3.05) is 7.11 Å². The minimum absolute atomic E-state index is 0.222. The van der Waals surface area contributed by atoms with Crippen molar-refractivity contribution in [2.24, 2.45) is 0 Å². The largest absolute Gasteiger partial charge is 0.380 e. The van der Waals surface area contributed by atoms with E-state index in [-0.39, 0.29) is 5.15 Å². The number of halogens is 2. The van der Waals surface area contributed by atoms with Gasteiger partial charge in [-0.05, 0) is 22.9 Å². The Morgan fingerprint density at radius 1 is 1.64 bits per heavy atom. The summed E-state index contributed by atoms with van der Waals surface area (Å²) in [5.41, 5.74) is 1.86. The topological polar surface area (TPSA) is 45.9 Å².